The Bertz CT molecular complexity index is 633. The zero-order valence-electron chi connectivity index (χ0n) is 9.97. The van der Waals surface area contributed by atoms with Gasteiger partial charge in [-0.1, -0.05) is 47.6 Å². The topological polar surface area (TPSA) is 55.0 Å². The number of hydrogen-bond acceptors (Lipinski definition) is 4. The molecule has 0 fully saturated rings. The second kappa shape index (κ2) is 5.69. The summed E-state index contributed by atoms with van der Waals surface area (Å²) in [5.74, 6) is 0. The lowest BCUT2D eigenvalue weighted by molar-refractivity contribution is 1.02. The van der Waals surface area contributed by atoms with Gasteiger partial charge in [0, 0.05) is 18.7 Å². The Morgan fingerprint density at radius 2 is 1.89 bits per heavy atom. The van der Waals surface area contributed by atoms with Crippen molar-refractivity contribution < 1.29 is 0 Å². The van der Waals surface area contributed by atoms with E-state index < -0.39 is 0 Å². The third-order valence-electron chi connectivity index (χ3n) is 2.59. The largest absolute Gasteiger partial charge is 0.389 e. The van der Waals surface area contributed by atoms with Crippen LogP contribution in [0.1, 0.15) is 5.56 Å². The van der Waals surface area contributed by atoms with E-state index in [-0.39, 0.29) is 10.3 Å². The van der Waals surface area contributed by atoms with Gasteiger partial charge in [0.1, 0.15) is 4.99 Å². The van der Waals surface area contributed by atoms with Crippen LogP contribution >= 0.6 is 35.4 Å². The molecule has 0 amide bonds. The van der Waals surface area contributed by atoms with E-state index in [1.807, 2.05) is 36.2 Å². The third kappa shape index (κ3) is 2.94. The van der Waals surface area contributed by atoms with Gasteiger partial charge in [0.2, 0.25) is 0 Å². The molecule has 0 bridgehead atoms. The van der Waals surface area contributed by atoms with Gasteiger partial charge in [-0.05, 0) is 12.1 Å². The SMILES string of the molecule is CN(c1ccccc1C(N)=S)c1cc(Cl)nnc1Cl. The molecular formula is C12H10Cl2N4S. The molecule has 1 heterocycles. The lowest BCUT2D eigenvalue weighted by Crippen LogP contribution is -2.18. The van der Waals surface area contributed by atoms with Gasteiger partial charge >= 0.3 is 0 Å². The number of anilines is 2. The average molecular weight is 313 g/mol. The summed E-state index contributed by atoms with van der Waals surface area (Å²) in [6.45, 7) is 0. The Morgan fingerprint density at radius 3 is 2.58 bits per heavy atom. The fraction of sp³-hybridized carbons (Fsp3) is 0.0833. The van der Waals surface area contributed by atoms with Crippen LogP contribution in [0.3, 0.4) is 0 Å². The molecule has 98 valence electrons. The van der Waals surface area contributed by atoms with Gasteiger partial charge in [0.15, 0.2) is 10.3 Å². The van der Waals surface area contributed by atoms with E-state index in [2.05, 4.69) is 10.2 Å². The highest BCUT2D eigenvalue weighted by molar-refractivity contribution is 7.80. The zero-order valence-corrected chi connectivity index (χ0v) is 12.3. The van der Waals surface area contributed by atoms with Gasteiger partial charge in [-0.15, -0.1) is 10.2 Å². The predicted octanol–water partition coefficient (Wildman–Crippen LogP) is 3.19. The maximum atomic E-state index is 6.03. The Balaban J connectivity index is 2.53. The van der Waals surface area contributed by atoms with E-state index in [1.54, 1.807) is 6.07 Å². The van der Waals surface area contributed by atoms with Crippen LogP contribution in [0.5, 0.6) is 0 Å². The monoisotopic (exact) mass is 312 g/mol. The summed E-state index contributed by atoms with van der Waals surface area (Å²) < 4.78 is 0. The first kappa shape index (κ1) is 14.0. The molecule has 0 aliphatic rings. The maximum absolute atomic E-state index is 6.03. The van der Waals surface area contributed by atoms with Crippen LogP contribution < -0.4 is 10.6 Å². The summed E-state index contributed by atoms with van der Waals surface area (Å²) in [5, 5.41) is 7.97. The molecule has 0 atom stereocenters. The Labute approximate surface area is 126 Å². The van der Waals surface area contributed by atoms with Crippen LogP contribution in [-0.4, -0.2) is 22.2 Å². The summed E-state index contributed by atoms with van der Waals surface area (Å²) in [7, 11) is 1.83. The fourth-order valence-corrected chi connectivity index (χ4v) is 2.22. The van der Waals surface area contributed by atoms with Crippen molar-refractivity contribution in [3.05, 3.63) is 46.2 Å². The minimum atomic E-state index is 0.254. The molecule has 0 saturated carbocycles. The quantitative estimate of drug-likeness (QED) is 0.882. The molecule has 2 rings (SSSR count). The number of hydrogen-bond donors (Lipinski definition) is 1. The lowest BCUT2D eigenvalue weighted by Gasteiger charge is -2.22. The van der Waals surface area contributed by atoms with Crippen molar-refractivity contribution in [2.75, 3.05) is 11.9 Å². The Kier molecular flexibility index (Phi) is 4.19. The summed E-state index contributed by atoms with van der Waals surface area (Å²) >= 11 is 16.9. The van der Waals surface area contributed by atoms with Crippen LogP contribution in [0.15, 0.2) is 30.3 Å². The van der Waals surface area contributed by atoms with Gasteiger partial charge in [0.25, 0.3) is 0 Å². The standard InChI is InChI=1S/C12H10Cl2N4S/c1-18(9-6-10(13)16-17-11(9)14)8-5-3-2-4-7(8)12(15)19/h2-6H,1H3,(H2,15,19). The molecule has 0 saturated heterocycles. The predicted molar refractivity (Wildman–Crippen MR) is 82.4 cm³/mol. The molecule has 4 nitrogen and oxygen atoms in total. The maximum Gasteiger partial charge on any atom is 0.175 e. The van der Waals surface area contributed by atoms with E-state index in [1.165, 1.54) is 0 Å². The second-order valence-electron chi connectivity index (χ2n) is 3.78. The molecule has 0 aliphatic heterocycles. The van der Waals surface area contributed by atoms with Crippen LogP contribution in [0.2, 0.25) is 10.3 Å². The number of para-hydroxylation sites is 1. The van der Waals surface area contributed by atoms with Crippen molar-refractivity contribution in [2.24, 2.45) is 5.73 Å². The van der Waals surface area contributed by atoms with Gasteiger partial charge < -0.3 is 10.6 Å². The van der Waals surface area contributed by atoms with Gasteiger partial charge in [0.05, 0.1) is 11.4 Å². The summed E-state index contributed by atoms with van der Waals surface area (Å²) in [5.41, 5.74) is 7.92. The molecule has 1 aromatic heterocycles. The Hall–Kier alpha value is -1.43. The summed E-state index contributed by atoms with van der Waals surface area (Å²) in [6.07, 6.45) is 0. The van der Waals surface area contributed by atoms with E-state index in [0.717, 1.165) is 11.3 Å². The first-order valence-corrected chi connectivity index (χ1v) is 6.48. The number of nitrogens with two attached hydrogens (primary N) is 1. The number of benzene rings is 1. The number of aromatic nitrogens is 2. The molecule has 2 N–H and O–H groups in total. The molecule has 0 spiro atoms. The van der Waals surface area contributed by atoms with Gasteiger partial charge in [-0.3, -0.25) is 0 Å². The van der Waals surface area contributed by atoms with Crippen LogP contribution in [-0.2, 0) is 0 Å². The first-order valence-electron chi connectivity index (χ1n) is 5.32. The minimum Gasteiger partial charge on any atom is -0.389 e. The lowest BCUT2D eigenvalue weighted by atomic mass is 10.1. The molecule has 0 aliphatic carbocycles. The first-order chi connectivity index (χ1) is 9.00. The third-order valence-corrected chi connectivity index (χ3v) is 3.27. The number of nitrogens with zero attached hydrogens (tertiary/aromatic N) is 3. The van der Waals surface area contributed by atoms with E-state index in [4.69, 9.17) is 41.2 Å². The van der Waals surface area contributed by atoms with Gasteiger partial charge in [-0.2, -0.15) is 0 Å². The summed E-state index contributed by atoms with van der Waals surface area (Å²) in [6, 6.07) is 9.12. The molecule has 2 aromatic rings. The summed E-state index contributed by atoms with van der Waals surface area (Å²) in [4.78, 5) is 2.13. The second-order valence-corrected chi connectivity index (χ2v) is 4.97. The number of thiocarbonyl (C=S) groups is 1. The van der Waals surface area contributed by atoms with E-state index >= 15 is 0 Å². The fourth-order valence-electron chi connectivity index (χ4n) is 1.68. The van der Waals surface area contributed by atoms with E-state index in [9.17, 15) is 0 Å². The number of rotatable bonds is 3. The van der Waals surface area contributed by atoms with Crippen molar-refractivity contribution in [2.45, 2.75) is 0 Å². The highest BCUT2D eigenvalue weighted by Crippen LogP contribution is 2.32. The highest BCUT2D eigenvalue weighted by atomic mass is 35.5. The van der Waals surface area contributed by atoms with Crippen LogP contribution in [0.25, 0.3) is 0 Å². The smallest absolute Gasteiger partial charge is 0.175 e. The molecule has 1 aromatic carbocycles. The average Bonchev–Trinajstić information content (AvgIpc) is 2.40. The molecule has 7 heteroatoms. The van der Waals surface area contributed by atoms with Crippen LogP contribution in [0, 0.1) is 0 Å². The van der Waals surface area contributed by atoms with Crippen LogP contribution in [0.4, 0.5) is 11.4 Å². The van der Waals surface area contributed by atoms with Crippen molar-refractivity contribution >= 4 is 51.8 Å². The zero-order chi connectivity index (χ0) is 14.0. The molecule has 0 unspecified atom stereocenters. The molecule has 19 heavy (non-hydrogen) atoms. The van der Waals surface area contributed by atoms with Crippen molar-refractivity contribution in [1.82, 2.24) is 10.2 Å². The Morgan fingerprint density at radius 1 is 1.21 bits per heavy atom. The van der Waals surface area contributed by atoms with Crippen molar-refractivity contribution in [1.29, 1.82) is 0 Å². The molecular weight excluding hydrogens is 303 g/mol. The van der Waals surface area contributed by atoms with Crippen molar-refractivity contribution in [3.8, 4) is 0 Å². The van der Waals surface area contributed by atoms with Gasteiger partial charge in [-0.25, -0.2) is 0 Å². The van der Waals surface area contributed by atoms with E-state index in [0.29, 0.717) is 10.7 Å². The van der Waals surface area contributed by atoms with Crippen molar-refractivity contribution in [3.63, 3.8) is 0 Å². The normalized spacial score (nSPS) is 10.3. The highest BCUT2D eigenvalue weighted by Gasteiger charge is 2.14. The molecule has 0 radical (unpaired) electrons. The number of halogens is 2. The minimum absolute atomic E-state index is 0.254.